The maximum atomic E-state index is 13.8. The molecule has 0 radical (unpaired) electrons. The van der Waals surface area contributed by atoms with Crippen LogP contribution < -0.4 is 24.0 Å². The van der Waals surface area contributed by atoms with E-state index in [4.69, 9.17) is 21.1 Å². The Balaban J connectivity index is 1.14. The number of benzene rings is 4. The Morgan fingerprint density at radius 3 is 1.69 bits per heavy atom. The van der Waals surface area contributed by atoms with Crippen molar-refractivity contribution in [1.29, 1.82) is 0 Å². The van der Waals surface area contributed by atoms with E-state index in [1.807, 2.05) is 48.5 Å². The number of rotatable bonds is 9. The number of anilines is 3. The van der Waals surface area contributed by atoms with Crippen molar-refractivity contribution in [2.45, 2.75) is 4.90 Å². The van der Waals surface area contributed by atoms with Crippen LogP contribution in [-0.2, 0) is 10.0 Å². The van der Waals surface area contributed by atoms with Gasteiger partial charge in [0.1, 0.15) is 16.4 Å². The van der Waals surface area contributed by atoms with Crippen molar-refractivity contribution < 1.29 is 27.5 Å². The Morgan fingerprint density at radius 1 is 0.653 bits per heavy atom. The maximum Gasteiger partial charge on any atom is 0.263 e. The number of hydrogen-bond acceptors (Lipinski definition) is 8. The number of carbonyl (C=O) groups is 2. The highest BCUT2D eigenvalue weighted by Crippen LogP contribution is 2.31. The number of ether oxygens (including phenoxy) is 2. The summed E-state index contributed by atoms with van der Waals surface area (Å²) in [6, 6.07) is 26.2. The van der Waals surface area contributed by atoms with Crippen LogP contribution in [0.4, 0.5) is 17.1 Å². The molecule has 0 saturated carbocycles. The zero-order valence-electron chi connectivity index (χ0n) is 27.3. The summed E-state index contributed by atoms with van der Waals surface area (Å²) in [5, 5.41) is -0.0405. The fourth-order valence-corrected chi connectivity index (χ4v) is 7.84. The fourth-order valence-electron chi connectivity index (χ4n) is 6.24. The van der Waals surface area contributed by atoms with Crippen molar-refractivity contribution in [3.05, 3.63) is 107 Å². The Bertz CT molecular complexity index is 1940. The number of halogens is 1. The largest absolute Gasteiger partial charge is 0.495 e. The molecular weight excluding hydrogens is 666 g/mol. The highest BCUT2D eigenvalue weighted by Gasteiger charge is 2.29. The van der Waals surface area contributed by atoms with Crippen LogP contribution in [0.2, 0.25) is 5.02 Å². The summed E-state index contributed by atoms with van der Waals surface area (Å²) in [6.07, 6.45) is 0. The lowest BCUT2D eigenvalue weighted by atomic mass is 10.1. The minimum atomic E-state index is -4.29. The average molecular weight is 704 g/mol. The van der Waals surface area contributed by atoms with Gasteiger partial charge in [0.15, 0.2) is 0 Å². The summed E-state index contributed by atoms with van der Waals surface area (Å²) in [5.41, 5.74) is 2.45. The van der Waals surface area contributed by atoms with Crippen LogP contribution in [0.25, 0.3) is 0 Å². The first-order valence-corrected chi connectivity index (χ1v) is 17.8. The van der Waals surface area contributed by atoms with E-state index < -0.39 is 10.0 Å². The van der Waals surface area contributed by atoms with Crippen molar-refractivity contribution in [2.24, 2.45) is 0 Å². The molecule has 0 spiro atoms. The molecule has 13 heteroatoms. The summed E-state index contributed by atoms with van der Waals surface area (Å²) in [5.74, 6) is 0.936. The molecule has 0 bridgehead atoms. The molecule has 6 rings (SSSR count). The SMILES string of the molecule is COc1ccccc1N1CCN(C(=O)c2ccc(Cl)c(S(=O)(=O)Nc3ccccc3C(=O)N3CCN(c4ccccc4OC)CC3)c2)CC1. The fraction of sp³-hybridized carbons (Fsp3) is 0.278. The van der Waals surface area contributed by atoms with Gasteiger partial charge < -0.3 is 29.1 Å². The van der Waals surface area contributed by atoms with Gasteiger partial charge in [-0.05, 0) is 54.6 Å². The van der Waals surface area contributed by atoms with Crippen molar-refractivity contribution in [1.82, 2.24) is 9.80 Å². The Kier molecular flexibility index (Phi) is 10.2. The molecule has 0 aromatic heterocycles. The van der Waals surface area contributed by atoms with E-state index in [9.17, 15) is 18.0 Å². The molecule has 0 unspecified atom stereocenters. The van der Waals surface area contributed by atoms with Gasteiger partial charge in [-0.1, -0.05) is 48.0 Å². The molecule has 0 atom stereocenters. The Hall–Kier alpha value is -4.94. The van der Waals surface area contributed by atoms with Gasteiger partial charge in [0.05, 0.1) is 41.9 Å². The first-order valence-electron chi connectivity index (χ1n) is 16.0. The molecule has 1 N–H and O–H groups in total. The first kappa shape index (κ1) is 33.9. The third-order valence-corrected chi connectivity index (χ3v) is 10.7. The number of nitrogens with one attached hydrogen (secondary N) is 1. The monoisotopic (exact) mass is 703 g/mol. The van der Waals surface area contributed by atoms with Gasteiger partial charge in [-0.15, -0.1) is 0 Å². The van der Waals surface area contributed by atoms with E-state index in [2.05, 4.69) is 14.5 Å². The van der Waals surface area contributed by atoms with E-state index >= 15 is 0 Å². The number of sulfonamides is 1. The number of nitrogens with zero attached hydrogens (tertiary/aromatic N) is 4. The molecule has 2 fully saturated rings. The maximum absolute atomic E-state index is 13.8. The molecule has 4 aromatic rings. The third-order valence-electron chi connectivity index (χ3n) is 8.85. The van der Waals surface area contributed by atoms with Crippen LogP contribution in [0.5, 0.6) is 11.5 Å². The summed E-state index contributed by atoms with van der Waals surface area (Å²) < 4.78 is 41.1. The summed E-state index contributed by atoms with van der Waals surface area (Å²) in [6.45, 7) is 4.14. The third kappa shape index (κ3) is 7.25. The molecule has 11 nitrogen and oxygen atoms in total. The van der Waals surface area contributed by atoms with Crippen LogP contribution >= 0.6 is 11.6 Å². The molecule has 2 aliphatic heterocycles. The van der Waals surface area contributed by atoms with E-state index in [1.54, 1.807) is 48.3 Å². The Morgan fingerprint density at radius 2 is 1.14 bits per heavy atom. The van der Waals surface area contributed by atoms with Gasteiger partial charge in [0.25, 0.3) is 21.8 Å². The zero-order valence-corrected chi connectivity index (χ0v) is 28.9. The van der Waals surface area contributed by atoms with Crippen molar-refractivity contribution >= 4 is 50.5 Å². The lowest BCUT2D eigenvalue weighted by Crippen LogP contribution is -2.49. The predicted molar refractivity (Wildman–Crippen MR) is 191 cm³/mol. The van der Waals surface area contributed by atoms with Gasteiger partial charge in [-0.3, -0.25) is 14.3 Å². The number of piperazine rings is 2. The first-order chi connectivity index (χ1) is 23.7. The minimum Gasteiger partial charge on any atom is -0.495 e. The van der Waals surface area contributed by atoms with Gasteiger partial charge >= 0.3 is 0 Å². The van der Waals surface area contributed by atoms with Crippen molar-refractivity contribution in [3.8, 4) is 11.5 Å². The van der Waals surface area contributed by atoms with Crippen LogP contribution in [0.1, 0.15) is 20.7 Å². The topological polar surface area (TPSA) is 112 Å². The number of methoxy groups -OCH3 is 2. The zero-order chi connectivity index (χ0) is 34.5. The van der Waals surface area contributed by atoms with Gasteiger partial charge in [-0.2, -0.15) is 0 Å². The molecule has 2 heterocycles. The van der Waals surface area contributed by atoms with E-state index in [0.29, 0.717) is 52.4 Å². The summed E-state index contributed by atoms with van der Waals surface area (Å²) in [4.78, 5) is 34.7. The molecule has 2 aliphatic rings. The number of para-hydroxylation sites is 5. The predicted octanol–water partition coefficient (Wildman–Crippen LogP) is 5.08. The second kappa shape index (κ2) is 14.7. The molecule has 4 aromatic carbocycles. The highest BCUT2D eigenvalue weighted by atomic mass is 35.5. The number of carbonyl (C=O) groups excluding carboxylic acids is 2. The quantitative estimate of drug-likeness (QED) is 0.257. The molecular formula is C36H38ClN5O6S. The van der Waals surface area contributed by atoms with Crippen LogP contribution in [0.15, 0.2) is 95.9 Å². The highest BCUT2D eigenvalue weighted by molar-refractivity contribution is 7.92. The van der Waals surface area contributed by atoms with Crippen LogP contribution in [-0.4, -0.2) is 96.6 Å². The molecule has 2 amide bonds. The minimum absolute atomic E-state index is 0.0405. The standard InChI is InChI=1S/C36H38ClN5O6S/c1-47-32-13-7-5-11-30(32)39-17-21-41(22-18-39)35(43)26-15-16-28(37)34(25-26)49(45,46)38-29-10-4-3-9-27(29)36(44)42-23-19-40(20-24-42)31-12-6-8-14-33(31)48-2/h3-16,25,38H,17-24H2,1-2H3. The molecule has 0 aliphatic carbocycles. The lowest BCUT2D eigenvalue weighted by Gasteiger charge is -2.37. The van der Waals surface area contributed by atoms with Crippen LogP contribution in [0, 0.1) is 0 Å². The van der Waals surface area contributed by atoms with E-state index in [1.165, 1.54) is 18.2 Å². The van der Waals surface area contributed by atoms with Gasteiger partial charge in [0.2, 0.25) is 0 Å². The van der Waals surface area contributed by atoms with Crippen molar-refractivity contribution in [2.75, 3.05) is 81.1 Å². The molecule has 2 saturated heterocycles. The van der Waals surface area contributed by atoms with E-state index in [-0.39, 0.29) is 38.5 Å². The summed E-state index contributed by atoms with van der Waals surface area (Å²) in [7, 11) is -1.03. The molecule has 49 heavy (non-hydrogen) atoms. The Labute approximate surface area is 291 Å². The smallest absolute Gasteiger partial charge is 0.263 e. The second-order valence-electron chi connectivity index (χ2n) is 11.7. The second-order valence-corrected chi connectivity index (χ2v) is 13.8. The molecule has 256 valence electrons. The van der Waals surface area contributed by atoms with Crippen molar-refractivity contribution in [3.63, 3.8) is 0 Å². The number of hydrogen-bond donors (Lipinski definition) is 1. The van der Waals surface area contributed by atoms with Gasteiger partial charge in [0, 0.05) is 57.9 Å². The number of amides is 2. The van der Waals surface area contributed by atoms with Crippen LogP contribution in [0.3, 0.4) is 0 Å². The van der Waals surface area contributed by atoms with Gasteiger partial charge in [-0.25, -0.2) is 8.42 Å². The normalized spacial score (nSPS) is 15.2. The van der Waals surface area contributed by atoms with E-state index in [0.717, 1.165) is 22.9 Å². The summed E-state index contributed by atoms with van der Waals surface area (Å²) >= 11 is 6.41. The average Bonchev–Trinajstić information content (AvgIpc) is 3.14. The lowest BCUT2D eigenvalue weighted by molar-refractivity contribution is 0.0739.